The highest BCUT2D eigenvalue weighted by atomic mass is 16.5. The number of hydrogen-bond acceptors (Lipinski definition) is 4. The second kappa shape index (κ2) is 6.48. The highest BCUT2D eigenvalue weighted by molar-refractivity contribution is 5.54. The van der Waals surface area contributed by atoms with E-state index in [0.29, 0.717) is 17.8 Å². The maximum atomic E-state index is 5.31. The van der Waals surface area contributed by atoms with Crippen molar-refractivity contribution in [1.82, 2.24) is 15.5 Å². The van der Waals surface area contributed by atoms with Crippen LogP contribution in [0.2, 0.25) is 0 Å². The molecule has 2 rings (SSSR count). The number of rotatable bonds is 6. The van der Waals surface area contributed by atoms with Crippen LogP contribution < -0.4 is 5.32 Å². The van der Waals surface area contributed by atoms with Gasteiger partial charge in [0.15, 0.2) is 0 Å². The normalized spacial score (nSPS) is 12.6. The van der Waals surface area contributed by atoms with Crippen molar-refractivity contribution >= 4 is 0 Å². The lowest BCUT2D eigenvalue weighted by molar-refractivity contribution is 0.359. The summed E-state index contributed by atoms with van der Waals surface area (Å²) in [5.41, 5.74) is 2.32. The predicted octanol–water partition coefficient (Wildman–Crippen LogP) is 2.84. The molecule has 4 heteroatoms. The molecule has 1 heterocycles. The lowest BCUT2D eigenvalue weighted by Crippen LogP contribution is -2.26. The maximum absolute atomic E-state index is 5.31. The van der Waals surface area contributed by atoms with E-state index < -0.39 is 0 Å². The Morgan fingerprint density at radius 1 is 1.21 bits per heavy atom. The van der Waals surface area contributed by atoms with Gasteiger partial charge in [-0.2, -0.15) is 4.98 Å². The Bertz CT molecular complexity index is 500. The van der Waals surface area contributed by atoms with Gasteiger partial charge in [-0.05, 0) is 25.5 Å². The number of hydrogen-bond donors (Lipinski definition) is 1. The first kappa shape index (κ1) is 13.7. The lowest BCUT2D eigenvalue weighted by atomic mass is 10.1. The molecule has 0 amide bonds. The first-order valence-corrected chi connectivity index (χ1v) is 6.86. The van der Waals surface area contributed by atoms with Gasteiger partial charge in [-0.15, -0.1) is 0 Å². The summed E-state index contributed by atoms with van der Waals surface area (Å²) < 4.78 is 5.31. The number of aromatic nitrogens is 2. The van der Waals surface area contributed by atoms with Crippen molar-refractivity contribution in [3.63, 3.8) is 0 Å². The first-order chi connectivity index (χ1) is 9.26. The first-order valence-electron chi connectivity index (χ1n) is 6.86. The van der Waals surface area contributed by atoms with Crippen molar-refractivity contribution in [1.29, 1.82) is 0 Å². The summed E-state index contributed by atoms with van der Waals surface area (Å²) in [5.74, 6) is 1.36. The standard InChI is InChI=1S/C15H21N3O/c1-4-11-6-8-12(9-7-11)15-17-14(19-18-15)10-13(5-2)16-3/h6-9,13,16H,4-5,10H2,1-3H3. The Labute approximate surface area is 114 Å². The number of likely N-dealkylation sites (N-methyl/N-ethyl adjacent to an activating group) is 1. The Morgan fingerprint density at radius 2 is 1.95 bits per heavy atom. The quantitative estimate of drug-likeness (QED) is 0.866. The summed E-state index contributed by atoms with van der Waals surface area (Å²) >= 11 is 0. The molecule has 0 spiro atoms. The fraction of sp³-hybridized carbons (Fsp3) is 0.467. The van der Waals surface area contributed by atoms with Crippen molar-refractivity contribution in [2.24, 2.45) is 0 Å². The molecule has 102 valence electrons. The summed E-state index contributed by atoms with van der Waals surface area (Å²) in [6.45, 7) is 4.28. The van der Waals surface area contributed by atoms with Crippen LogP contribution in [-0.2, 0) is 12.8 Å². The zero-order chi connectivity index (χ0) is 13.7. The monoisotopic (exact) mass is 259 g/mol. The second-order valence-electron chi connectivity index (χ2n) is 4.66. The molecule has 0 aliphatic heterocycles. The number of benzene rings is 1. The molecule has 0 fully saturated rings. The lowest BCUT2D eigenvalue weighted by Gasteiger charge is -2.09. The molecular weight excluding hydrogens is 238 g/mol. The molecule has 0 aliphatic rings. The molecule has 0 bridgehead atoms. The topological polar surface area (TPSA) is 51.0 Å². The summed E-state index contributed by atoms with van der Waals surface area (Å²) in [4.78, 5) is 4.45. The molecule has 4 nitrogen and oxygen atoms in total. The fourth-order valence-corrected chi connectivity index (χ4v) is 2.01. The van der Waals surface area contributed by atoms with Crippen LogP contribution in [-0.4, -0.2) is 23.2 Å². The Hall–Kier alpha value is -1.68. The molecule has 0 saturated heterocycles. The van der Waals surface area contributed by atoms with Crippen molar-refractivity contribution in [3.05, 3.63) is 35.7 Å². The average molecular weight is 259 g/mol. The van der Waals surface area contributed by atoms with E-state index in [9.17, 15) is 0 Å². The van der Waals surface area contributed by atoms with Crippen LogP contribution in [0.15, 0.2) is 28.8 Å². The molecule has 1 N–H and O–H groups in total. The van der Waals surface area contributed by atoms with E-state index >= 15 is 0 Å². The third kappa shape index (κ3) is 3.41. The van der Waals surface area contributed by atoms with Crippen LogP contribution >= 0.6 is 0 Å². The second-order valence-corrected chi connectivity index (χ2v) is 4.66. The van der Waals surface area contributed by atoms with Crippen molar-refractivity contribution in [3.8, 4) is 11.4 Å². The summed E-state index contributed by atoms with van der Waals surface area (Å²) in [7, 11) is 1.95. The fourth-order valence-electron chi connectivity index (χ4n) is 2.01. The summed E-state index contributed by atoms with van der Waals surface area (Å²) in [6, 6.07) is 8.68. The average Bonchev–Trinajstić information content (AvgIpc) is 2.93. The molecule has 2 aromatic rings. The van der Waals surface area contributed by atoms with Gasteiger partial charge in [-0.25, -0.2) is 0 Å². The van der Waals surface area contributed by atoms with Gasteiger partial charge in [-0.1, -0.05) is 43.3 Å². The molecule has 1 atom stereocenters. The SMILES string of the molecule is CCc1ccc(-c2noc(CC(CC)NC)n2)cc1. The minimum absolute atomic E-state index is 0.385. The molecule has 1 aromatic carbocycles. The van der Waals surface area contributed by atoms with E-state index in [1.54, 1.807) is 0 Å². The number of nitrogens with one attached hydrogen (secondary N) is 1. The van der Waals surface area contributed by atoms with Crippen LogP contribution in [0.4, 0.5) is 0 Å². The molecule has 0 saturated carbocycles. The van der Waals surface area contributed by atoms with Gasteiger partial charge in [0.25, 0.3) is 0 Å². The summed E-state index contributed by atoms with van der Waals surface area (Å²) in [5, 5.41) is 7.29. The highest BCUT2D eigenvalue weighted by Gasteiger charge is 2.12. The number of nitrogens with zero attached hydrogens (tertiary/aromatic N) is 2. The van der Waals surface area contributed by atoms with E-state index in [0.717, 1.165) is 24.8 Å². The van der Waals surface area contributed by atoms with E-state index in [1.165, 1.54) is 5.56 Å². The van der Waals surface area contributed by atoms with Gasteiger partial charge in [0.2, 0.25) is 11.7 Å². The van der Waals surface area contributed by atoms with Crippen LogP contribution in [0.1, 0.15) is 31.7 Å². The van der Waals surface area contributed by atoms with Crippen LogP contribution in [0, 0.1) is 0 Å². The third-order valence-electron chi connectivity index (χ3n) is 3.41. The van der Waals surface area contributed by atoms with Crippen LogP contribution in [0.5, 0.6) is 0 Å². The van der Waals surface area contributed by atoms with Gasteiger partial charge in [-0.3, -0.25) is 0 Å². The molecule has 0 aliphatic carbocycles. The van der Waals surface area contributed by atoms with E-state index in [2.05, 4.69) is 41.4 Å². The Balaban J connectivity index is 2.11. The molecule has 1 aromatic heterocycles. The van der Waals surface area contributed by atoms with E-state index in [1.807, 2.05) is 19.2 Å². The van der Waals surface area contributed by atoms with Crippen molar-refractivity contribution < 1.29 is 4.52 Å². The van der Waals surface area contributed by atoms with Crippen LogP contribution in [0.3, 0.4) is 0 Å². The Morgan fingerprint density at radius 3 is 2.53 bits per heavy atom. The summed E-state index contributed by atoms with van der Waals surface area (Å²) in [6.07, 6.45) is 2.85. The van der Waals surface area contributed by atoms with Gasteiger partial charge >= 0.3 is 0 Å². The minimum atomic E-state index is 0.385. The van der Waals surface area contributed by atoms with E-state index in [4.69, 9.17) is 4.52 Å². The van der Waals surface area contributed by atoms with Gasteiger partial charge in [0.1, 0.15) is 0 Å². The zero-order valence-corrected chi connectivity index (χ0v) is 11.8. The predicted molar refractivity (Wildman–Crippen MR) is 76.0 cm³/mol. The molecule has 0 radical (unpaired) electrons. The molecule has 1 unspecified atom stereocenters. The van der Waals surface area contributed by atoms with Crippen LogP contribution in [0.25, 0.3) is 11.4 Å². The third-order valence-corrected chi connectivity index (χ3v) is 3.41. The van der Waals surface area contributed by atoms with Gasteiger partial charge in [0, 0.05) is 18.0 Å². The Kier molecular flexibility index (Phi) is 4.68. The van der Waals surface area contributed by atoms with Gasteiger partial charge in [0.05, 0.1) is 0 Å². The molecular formula is C15H21N3O. The smallest absolute Gasteiger partial charge is 0.228 e. The largest absolute Gasteiger partial charge is 0.339 e. The van der Waals surface area contributed by atoms with Gasteiger partial charge < -0.3 is 9.84 Å². The number of aryl methyl sites for hydroxylation is 1. The zero-order valence-electron chi connectivity index (χ0n) is 11.8. The highest BCUT2D eigenvalue weighted by Crippen LogP contribution is 2.17. The van der Waals surface area contributed by atoms with Crippen molar-refractivity contribution in [2.45, 2.75) is 39.2 Å². The minimum Gasteiger partial charge on any atom is -0.339 e. The van der Waals surface area contributed by atoms with Crippen molar-refractivity contribution in [2.75, 3.05) is 7.05 Å². The van der Waals surface area contributed by atoms with E-state index in [-0.39, 0.29) is 0 Å². The molecule has 19 heavy (non-hydrogen) atoms. The maximum Gasteiger partial charge on any atom is 0.228 e.